The van der Waals surface area contributed by atoms with Crippen LogP contribution in [0.1, 0.15) is 36.4 Å². The van der Waals surface area contributed by atoms with Gasteiger partial charge in [-0.05, 0) is 29.7 Å². The van der Waals surface area contributed by atoms with Gasteiger partial charge in [0.2, 0.25) is 11.8 Å². The standard InChI is InChI=1S/C21H18Cl2N4O2/c1-14(13-29-19-7-6-15(11-24)12-25-19)5-8-20(28)27-18(9-10-26-27)16-3-2-4-17(22)21(16)23/h2-4,6-7,10,12,18H,1,5,8-9,13H2. The van der Waals surface area contributed by atoms with Gasteiger partial charge in [-0.1, -0.05) is 41.9 Å². The molecule has 0 saturated carbocycles. The molecule has 0 radical (unpaired) electrons. The smallest absolute Gasteiger partial charge is 0.243 e. The van der Waals surface area contributed by atoms with Gasteiger partial charge in [0.05, 0.1) is 21.7 Å². The van der Waals surface area contributed by atoms with E-state index in [0.717, 1.165) is 11.1 Å². The van der Waals surface area contributed by atoms with Gasteiger partial charge in [0.15, 0.2) is 0 Å². The molecule has 2 heterocycles. The Bertz CT molecular complexity index is 983. The maximum absolute atomic E-state index is 12.7. The molecule has 8 heteroatoms. The first-order chi connectivity index (χ1) is 14.0. The topological polar surface area (TPSA) is 78.6 Å². The fourth-order valence-electron chi connectivity index (χ4n) is 2.87. The van der Waals surface area contributed by atoms with Gasteiger partial charge in [-0.15, -0.1) is 0 Å². The Hall–Kier alpha value is -2.88. The van der Waals surface area contributed by atoms with E-state index in [4.69, 9.17) is 33.2 Å². The lowest BCUT2D eigenvalue weighted by atomic mass is 10.0. The molecular formula is C21H18Cl2N4O2. The van der Waals surface area contributed by atoms with Crippen molar-refractivity contribution >= 4 is 35.3 Å². The van der Waals surface area contributed by atoms with Gasteiger partial charge in [0.1, 0.15) is 12.7 Å². The molecule has 1 aromatic heterocycles. The van der Waals surface area contributed by atoms with E-state index in [1.807, 2.05) is 12.1 Å². The first kappa shape index (κ1) is 20.8. The normalized spacial score (nSPS) is 15.2. The predicted molar refractivity (Wildman–Crippen MR) is 112 cm³/mol. The van der Waals surface area contributed by atoms with Gasteiger partial charge in [-0.25, -0.2) is 9.99 Å². The number of hydrazone groups is 1. The van der Waals surface area contributed by atoms with Crippen LogP contribution in [-0.2, 0) is 4.79 Å². The SMILES string of the molecule is C=C(CCC(=O)N1N=CCC1c1cccc(Cl)c1Cl)COc1ccc(C#N)cn1. The molecule has 1 aliphatic rings. The van der Waals surface area contributed by atoms with Gasteiger partial charge in [0, 0.05) is 31.3 Å². The number of nitriles is 1. The zero-order valence-electron chi connectivity index (χ0n) is 15.5. The second-order valence-electron chi connectivity index (χ2n) is 6.47. The summed E-state index contributed by atoms with van der Waals surface area (Å²) in [5, 5.41) is 15.3. The number of amides is 1. The molecule has 0 saturated heterocycles. The number of rotatable bonds is 7. The summed E-state index contributed by atoms with van der Waals surface area (Å²) in [5.74, 6) is 0.272. The largest absolute Gasteiger partial charge is 0.473 e. The summed E-state index contributed by atoms with van der Waals surface area (Å²) in [7, 11) is 0. The van der Waals surface area contributed by atoms with E-state index in [1.165, 1.54) is 11.2 Å². The van der Waals surface area contributed by atoms with Crippen molar-refractivity contribution in [2.24, 2.45) is 5.10 Å². The third kappa shape index (κ3) is 5.14. The Morgan fingerprint density at radius 3 is 2.86 bits per heavy atom. The molecule has 29 heavy (non-hydrogen) atoms. The maximum atomic E-state index is 12.7. The van der Waals surface area contributed by atoms with E-state index >= 15 is 0 Å². The van der Waals surface area contributed by atoms with Crippen LogP contribution in [0.25, 0.3) is 0 Å². The first-order valence-corrected chi connectivity index (χ1v) is 9.69. The lowest BCUT2D eigenvalue weighted by Crippen LogP contribution is -2.27. The van der Waals surface area contributed by atoms with Crippen molar-refractivity contribution < 1.29 is 9.53 Å². The average molecular weight is 429 g/mol. The Balaban J connectivity index is 1.52. The van der Waals surface area contributed by atoms with Gasteiger partial charge < -0.3 is 4.74 Å². The van der Waals surface area contributed by atoms with Crippen LogP contribution in [0.2, 0.25) is 10.0 Å². The van der Waals surface area contributed by atoms with Crippen molar-refractivity contribution in [2.75, 3.05) is 6.61 Å². The molecule has 3 rings (SSSR count). The lowest BCUT2D eigenvalue weighted by Gasteiger charge is -2.23. The predicted octanol–water partition coefficient (Wildman–Crippen LogP) is 4.93. The van der Waals surface area contributed by atoms with Crippen LogP contribution in [0.3, 0.4) is 0 Å². The Kier molecular flexibility index (Phi) is 6.86. The zero-order chi connectivity index (χ0) is 20.8. The number of benzene rings is 1. The number of pyridine rings is 1. The van der Waals surface area contributed by atoms with Crippen LogP contribution >= 0.6 is 23.2 Å². The van der Waals surface area contributed by atoms with Crippen LogP contribution in [0.5, 0.6) is 5.88 Å². The minimum Gasteiger partial charge on any atom is -0.473 e. The fraction of sp³-hybridized carbons (Fsp3) is 0.238. The maximum Gasteiger partial charge on any atom is 0.243 e. The quantitative estimate of drug-likeness (QED) is 0.585. The molecular weight excluding hydrogens is 411 g/mol. The molecule has 0 N–H and O–H groups in total. The zero-order valence-corrected chi connectivity index (χ0v) is 17.0. The summed E-state index contributed by atoms with van der Waals surface area (Å²) >= 11 is 12.4. The molecule has 0 aliphatic carbocycles. The summed E-state index contributed by atoms with van der Waals surface area (Å²) in [6, 6.07) is 10.3. The molecule has 2 aromatic rings. The average Bonchev–Trinajstić information content (AvgIpc) is 3.22. The molecule has 1 amide bonds. The van der Waals surface area contributed by atoms with E-state index in [0.29, 0.717) is 34.3 Å². The van der Waals surface area contributed by atoms with E-state index in [1.54, 1.807) is 30.5 Å². The molecule has 148 valence electrons. The highest BCUT2D eigenvalue weighted by atomic mass is 35.5. The summed E-state index contributed by atoms with van der Waals surface area (Å²) < 4.78 is 5.54. The number of carbonyl (C=O) groups excluding carboxylic acids is 1. The third-order valence-electron chi connectivity index (χ3n) is 4.41. The van der Waals surface area contributed by atoms with Crippen molar-refractivity contribution in [3.8, 4) is 11.9 Å². The van der Waals surface area contributed by atoms with Crippen LogP contribution < -0.4 is 4.74 Å². The van der Waals surface area contributed by atoms with Crippen molar-refractivity contribution in [1.82, 2.24) is 9.99 Å². The molecule has 0 fully saturated rings. The van der Waals surface area contributed by atoms with Crippen LogP contribution in [0.4, 0.5) is 0 Å². The number of hydrogen-bond donors (Lipinski definition) is 0. The summed E-state index contributed by atoms with van der Waals surface area (Å²) in [6.07, 6.45) is 4.43. The lowest BCUT2D eigenvalue weighted by molar-refractivity contribution is -0.133. The number of halogens is 2. The number of hydrogen-bond acceptors (Lipinski definition) is 5. The molecule has 6 nitrogen and oxygen atoms in total. The molecule has 0 bridgehead atoms. The van der Waals surface area contributed by atoms with Crippen molar-refractivity contribution in [3.63, 3.8) is 0 Å². The minimum atomic E-state index is -0.263. The Morgan fingerprint density at radius 2 is 2.14 bits per heavy atom. The van der Waals surface area contributed by atoms with Gasteiger partial charge in [-0.2, -0.15) is 10.4 Å². The number of ether oxygens (including phenoxy) is 1. The summed E-state index contributed by atoms with van der Waals surface area (Å²) in [6.45, 7) is 4.19. The van der Waals surface area contributed by atoms with E-state index in [2.05, 4.69) is 16.7 Å². The van der Waals surface area contributed by atoms with Gasteiger partial charge in [0.25, 0.3) is 0 Å². The fourth-order valence-corrected chi connectivity index (χ4v) is 3.30. The number of carbonyl (C=O) groups is 1. The second-order valence-corrected chi connectivity index (χ2v) is 7.25. The van der Waals surface area contributed by atoms with Crippen LogP contribution in [0, 0.1) is 11.3 Å². The summed E-state index contributed by atoms with van der Waals surface area (Å²) in [5.41, 5.74) is 1.99. The van der Waals surface area contributed by atoms with Crippen LogP contribution in [-0.4, -0.2) is 28.7 Å². The van der Waals surface area contributed by atoms with E-state index in [-0.39, 0.29) is 25.0 Å². The van der Waals surface area contributed by atoms with Gasteiger partial charge >= 0.3 is 0 Å². The highest BCUT2D eigenvalue weighted by Crippen LogP contribution is 2.36. The Morgan fingerprint density at radius 1 is 1.31 bits per heavy atom. The minimum absolute atomic E-state index is 0.127. The Labute approximate surface area is 179 Å². The summed E-state index contributed by atoms with van der Waals surface area (Å²) in [4.78, 5) is 16.7. The highest BCUT2D eigenvalue weighted by Gasteiger charge is 2.29. The highest BCUT2D eigenvalue weighted by molar-refractivity contribution is 6.42. The first-order valence-electron chi connectivity index (χ1n) is 8.93. The number of nitrogens with zero attached hydrogens (tertiary/aromatic N) is 4. The van der Waals surface area contributed by atoms with E-state index in [9.17, 15) is 4.79 Å². The van der Waals surface area contributed by atoms with Crippen molar-refractivity contribution in [3.05, 3.63) is 69.9 Å². The molecule has 1 unspecified atom stereocenters. The number of aromatic nitrogens is 1. The second kappa shape index (κ2) is 9.55. The molecule has 1 aromatic carbocycles. The third-order valence-corrected chi connectivity index (χ3v) is 5.24. The molecule has 1 aliphatic heterocycles. The molecule has 1 atom stereocenters. The monoisotopic (exact) mass is 428 g/mol. The van der Waals surface area contributed by atoms with E-state index < -0.39 is 0 Å². The molecule has 0 spiro atoms. The van der Waals surface area contributed by atoms with Crippen molar-refractivity contribution in [2.45, 2.75) is 25.3 Å². The van der Waals surface area contributed by atoms with Gasteiger partial charge in [-0.3, -0.25) is 4.79 Å². The van der Waals surface area contributed by atoms with Crippen molar-refractivity contribution in [1.29, 1.82) is 5.26 Å². The van der Waals surface area contributed by atoms with Crippen LogP contribution in [0.15, 0.2) is 53.8 Å².